The summed E-state index contributed by atoms with van der Waals surface area (Å²) in [5.41, 5.74) is 0.568. The van der Waals surface area contributed by atoms with Gasteiger partial charge in [-0.3, -0.25) is 18.7 Å². The second-order valence-corrected chi connectivity index (χ2v) is 7.11. The van der Waals surface area contributed by atoms with E-state index in [1.807, 2.05) is 49.4 Å². The van der Waals surface area contributed by atoms with Crippen molar-refractivity contribution < 1.29 is 4.79 Å². The second kappa shape index (κ2) is 7.05. The van der Waals surface area contributed by atoms with Crippen LogP contribution < -0.4 is 16.6 Å². The molecule has 0 unspecified atom stereocenters. The van der Waals surface area contributed by atoms with Gasteiger partial charge in [0.25, 0.3) is 5.56 Å². The Hall–Kier alpha value is -3.68. The molecule has 8 nitrogen and oxygen atoms in total. The summed E-state index contributed by atoms with van der Waals surface area (Å²) in [4.78, 5) is 41.4. The zero-order chi connectivity index (χ0) is 20.7. The molecule has 0 spiro atoms. The van der Waals surface area contributed by atoms with E-state index in [1.54, 1.807) is 7.05 Å². The molecule has 0 aliphatic carbocycles. The van der Waals surface area contributed by atoms with Crippen LogP contribution in [0.2, 0.25) is 0 Å². The summed E-state index contributed by atoms with van der Waals surface area (Å²) in [5, 5.41) is 5.18. The molecule has 148 valence electrons. The predicted octanol–water partition coefficient (Wildman–Crippen LogP) is 1.46. The van der Waals surface area contributed by atoms with E-state index in [1.165, 1.54) is 22.5 Å². The molecule has 0 saturated heterocycles. The number of amides is 1. The first kappa shape index (κ1) is 18.7. The van der Waals surface area contributed by atoms with Crippen molar-refractivity contribution in [2.24, 2.45) is 14.1 Å². The predicted molar refractivity (Wildman–Crippen MR) is 111 cm³/mol. The van der Waals surface area contributed by atoms with Crippen molar-refractivity contribution in [1.82, 2.24) is 24.0 Å². The summed E-state index contributed by atoms with van der Waals surface area (Å²) in [5.74, 6) is -0.249. The summed E-state index contributed by atoms with van der Waals surface area (Å²) in [6.45, 7) is 1.85. The minimum atomic E-state index is -0.476. The topological polar surface area (TPSA) is 90.9 Å². The lowest BCUT2D eigenvalue weighted by atomic mass is 10.00. The molecule has 1 amide bonds. The third kappa shape index (κ3) is 3.12. The molecule has 2 heterocycles. The smallest absolute Gasteiger partial charge is 0.332 e. The van der Waals surface area contributed by atoms with Gasteiger partial charge in [-0.05, 0) is 23.3 Å². The van der Waals surface area contributed by atoms with Crippen LogP contribution in [-0.2, 0) is 25.4 Å². The number of hydrogen-bond donors (Lipinski definition) is 1. The van der Waals surface area contributed by atoms with Gasteiger partial charge in [-0.2, -0.15) is 0 Å². The van der Waals surface area contributed by atoms with Crippen LogP contribution in [-0.4, -0.2) is 24.6 Å². The standard InChI is InChI=1S/C21H21N5O3/c1-13(15-10-6-8-14-7-4-5-9-16(14)15)23-17(27)11-26-12-22-19-18(26)20(28)25(3)21(29)24(19)2/h4-10,12-13H,11H2,1-3H3,(H,23,27)/t13-/m0/s1. The van der Waals surface area contributed by atoms with Crippen LogP contribution in [0.3, 0.4) is 0 Å². The zero-order valence-corrected chi connectivity index (χ0v) is 16.4. The lowest BCUT2D eigenvalue weighted by Gasteiger charge is -2.17. The highest BCUT2D eigenvalue weighted by molar-refractivity contribution is 5.87. The number of fused-ring (bicyclic) bond motifs is 2. The summed E-state index contributed by atoms with van der Waals surface area (Å²) in [7, 11) is 2.95. The van der Waals surface area contributed by atoms with Crippen molar-refractivity contribution in [1.29, 1.82) is 0 Å². The fraction of sp³-hybridized carbons (Fsp3) is 0.238. The molecule has 4 aromatic rings. The first-order valence-electron chi connectivity index (χ1n) is 9.26. The highest BCUT2D eigenvalue weighted by atomic mass is 16.2. The summed E-state index contributed by atoms with van der Waals surface area (Å²) in [6.07, 6.45) is 1.41. The average Bonchev–Trinajstić information content (AvgIpc) is 3.13. The highest BCUT2D eigenvalue weighted by Gasteiger charge is 2.17. The van der Waals surface area contributed by atoms with Crippen molar-refractivity contribution in [3.05, 3.63) is 75.2 Å². The second-order valence-electron chi connectivity index (χ2n) is 7.11. The Morgan fingerprint density at radius 3 is 2.59 bits per heavy atom. The van der Waals surface area contributed by atoms with Gasteiger partial charge in [-0.15, -0.1) is 0 Å². The number of rotatable bonds is 4. The molecule has 1 atom stereocenters. The van der Waals surface area contributed by atoms with Crippen molar-refractivity contribution in [2.75, 3.05) is 0 Å². The first-order valence-corrected chi connectivity index (χ1v) is 9.26. The number of hydrogen-bond acceptors (Lipinski definition) is 4. The molecule has 0 fully saturated rings. The van der Waals surface area contributed by atoms with Gasteiger partial charge in [0.1, 0.15) is 6.54 Å². The van der Waals surface area contributed by atoms with Crippen molar-refractivity contribution in [3.63, 3.8) is 0 Å². The van der Waals surface area contributed by atoms with Crippen LogP contribution in [0.1, 0.15) is 18.5 Å². The van der Waals surface area contributed by atoms with Crippen LogP contribution in [0.4, 0.5) is 0 Å². The Morgan fingerprint density at radius 2 is 1.79 bits per heavy atom. The normalized spacial score (nSPS) is 12.4. The van der Waals surface area contributed by atoms with E-state index >= 15 is 0 Å². The van der Waals surface area contributed by atoms with Crippen LogP contribution in [0.25, 0.3) is 21.9 Å². The molecule has 2 aromatic heterocycles. The van der Waals surface area contributed by atoms with Crippen molar-refractivity contribution >= 4 is 27.8 Å². The Labute approximate surface area is 166 Å². The number of nitrogens with zero attached hydrogens (tertiary/aromatic N) is 4. The van der Waals surface area contributed by atoms with Gasteiger partial charge in [-0.1, -0.05) is 42.5 Å². The maximum absolute atomic E-state index is 12.7. The molecule has 0 aliphatic rings. The molecule has 8 heteroatoms. The van der Waals surface area contributed by atoms with Gasteiger partial charge in [0.05, 0.1) is 12.4 Å². The van der Waals surface area contributed by atoms with Gasteiger partial charge in [-0.25, -0.2) is 9.78 Å². The molecule has 29 heavy (non-hydrogen) atoms. The van der Waals surface area contributed by atoms with Crippen LogP contribution in [0.15, 0.2) is 58.4 Å². The molecule has 2 aromatic carbocycles. The molecular formula is C21H21N5O3. The zero-order valence-electron chi connectivity index (χ0n) is 16.4. The number of nitrogens with one attached hydrogen (secondary N) is 1. The number of aryl methyl sites for hydroxylation is 1. The van der Waals surface area contributed by atoms with Gasteiger partial charge in [0.15, 0.2) is 11.2 Å². The molecular weight excluding hydrogens is 370 g/mol. The lowest BCUT2D eigenvalue weighted by Crippen LogP contribution is -2.38. The Kier molecular flexibility index (Phi) is 4.54. The van der Waals surface area contributed by atoms with Crippen LogP contribution in [0.5, 0.6) is 0 Å². The van der Waals surface area contributed by atoms with Gasteiger partial charge in [0, 0.05) is 14.1 Å². The van der Waals surface area contributed by atoms with Gasteiger partial charge in [0.2, 0.25) is 5.91 Å². The Bertz CT molecular complexity index is 1360. The lowest BCUT2D eigenvalue weighted by molar-refractivity contribution is -0.122. The van der Waals surface area contributed by atoms with Crippen LogP contribution >= 0.6 is 0 Å². The number of benzene rings is 2. The fourth-order valence-corrected chi connectivity index (χ4v) is 3.66. The average molecular weight is 391 g/mol. The monoisotopic (exact) mass is 391 g/mol. The Morgan fingerprint density at radius 1 is 1.07 bits per heavy atom. The Balaban J connectivity index is 1.62. The molecule has 0 aliphatic heterocycles. The molecule has 0 saturated carbocycles. The van der Waals surface area contributed by atoms with Crippen molar-refractivity contribution in [3.8, 4) is 0 Å². The molecule has 4 rings (SSSR count). The number of imidazole rings is 1. The first-order chi connectivity index (χ1) is 13.9. The van der Waals surface area contributed by atoms with E-state index in [2.05, 4.69) is 10.3 Å². The largest absolute Gasteiger partial charge is 0.348 e. The number of carbonyl (C=O) groups is 1. The number of aromatic nitrogens is 4. The minimum Gasteiger partial charge on any atom is -0.348 e. The van der Waals surface area contributed by atoms with E-state index in [9.17, 15) is 14.4 Å². The van der Waals surface area contributed by atoms with E-state index in [0.29, 0.717) is 0 Å². The quantitative estimate of drug-likeness (QED) is 0.570. The molecule has 1 N–H and O–H groups in total. The van der Waals surface area contributed by atoms with Gasteiger partial charge >= 0.3 is 5.69 Å². The summed E-state index contributed by atoms with van der Waals surface area (Å²) >= 11 is 0. The minimum absolute atomic E-state index is 0.0704. The maximum atomic E-state index is 12.7. The van der Waals surface area contributed by atoms with E-state index in [4.69, 9.17) is 0 Å². The molecule has 0 bridgehead atoms. The van der Waals surface area contributed by atoms with E-state index in [-0.39, 0.29) is 29.7 Å². The SMILES string of the molecule is C[C@H](NC(=O)Cn1cnc2c1c(=O)n(C)c(=O)n2C)c1cccc2ccccc12. The third-order valence-corrected chi connectivity index (χ3v) is 5.20. The van der Waals surface area contributed by atoms with Crippen LogP contribution in [0, 0.1) is 0 Å². The third-order valence-electron chi connectivity index (χ3n) is 5.20. The fourth-order valence-electron chi connectivity index (χ4n) is 3.66. The summed E-state index contributed by atoms with van der Waals surface area (Å²) < 4.78 is 3.78. The highest BCUT2D eigenvalue weighted by Crippen LogP contribution is 2.24. The van der Waals surface area contributed by atoms with Gasteiger partial charge < -0.3 is 9.88 Å². The van der Waals surface area contributed by atoms with E-state index in [0.717, 1.165) is 20.9 Å². The maximum Gasteiger partial charge on any atom is 0.332 e. The molecule has 0 radical (unpaired) electrons. The summed E-state index contributed by atoms with van der Waals surface area (Å²) in [6, 6.07) is 13.8. The van der Waals surface area contributed by atoms with E-state index < -0.39 is 11.2 Å². The number of carbonyl (C=O) groups excluding carboxylic acids is 1. The van der Waals surface area contributed by atoms with Crippen molar-refractivity contribution in [2.45, 2.75) is 19.5 Å².